The molecule has 30 heavy (non-hydrogen) atoms. The molecule has 3 aromatic carbocycles. The molecule has 0 bridgehead atoms. The molecule has 3 heterocycles. The number of halogens is 1. The molecule has 7 heteroatoms. The van der Waals surface area contributed by atoms with E-state index in [-0.39, 0.29) is 5.92 Å². The third kappa shape index (κ3) is 2.52. The average molecular weight is 459 g/mol. The summed E-state index contributed by atoms with van der Waals surface area (Å²) in [6.07, 6.45) is 1.53. The smallest absolute Gasteiger partial charge is 0.362 e. The topological polar surface area (TPSA) is 72.3 Å². The first-order valence-electron chi connectivity index (χ1n) is 9.52. The van der Waals surface area contributed by atoms with Crippen molar-refractivity contribution < 1.29 is 4.74 Å². The first-order valence-corrected chi connectivity index (χ1v) is 10.3. The number of aromatic amines is 1. The number of aryl methyl sites for hydroxylation is 1. The van der Waals surface area contributed by atoms with Gasteiger partial charge in [-0.3, -0.25) is 0 Å². The highest BCUT2D eigenvalue weighted by Gasteiger charge is 2.34. The van der Waals surface area contributed by atoms with E-state index in [9.17, 15) is 4.79 Å². The van der Waals surface area contributed by atoms with Crippen LogP contribution in [0.1, 0.15) is 28.2 Å². The minimum Gasteiger partial charge on any atom is -0.438 e. The van der Waals surface area contributed by atoms with E-state index < -0.39 is 5.69 Å². The Morgan fingerprint density at radius 2 is 1.90 bits per heavy atom. The molecule has 1 N–H and O–H groups in total. The summed E-state index contributed by atoms with van der Waals surface area (Å²) in [7, 11) is 0. The number of nitrogens with zero attached hydrogens (tertiary/aromatic N) is 3. The van der Waals surface area contributed by atoms with Crippen molar-refractivity contribution >= 4 is 32.3 Å². The maximum Gasteiger partial charge on any atom is 0.362 e. The van der Waals surface area contributed by atoms with Crippen LogP contribution >= 0.6 is 15.9 Å². The number of hydrogen-bond acceptors (Lipinski definition) is 4. The van der Waals surface area contributed by atoms with E-state index in [0.29, 0.717) is 11.5 Å². The van der Waals surface area contributed by atoms with E-state index in [4.69, 9.17) is 4.74 Å². The van der Waals surface area contributed by atoms with E-state index in [0.717, 1.165) is 37.7 Å². The van der Waals surface area contributed by atoms with Gasteiger partial charge >= 0.3 is 5.69 Å². The minimum absolute atomic E-state index is 0.180. The summed E-state index contributed by atoms with van der Waals surface area (Å²) in [5.74, 6) is 1.05. The van der Waals surface area contributed by atoms with Crippen LogP contribution in [0.25, 0.3) is 16.4 Å². The number of benzene rings is 3. The van der Waals surface area contributed by atoms with Crippen LogP contribution < -0.4 is 10.4 Å². The van der Waals surface area contributed by atoms with Gasteiger partial charge < -0.3 is 4.74 Å². The van der Waals surface area contributed by atoms with Crippen LogP contribution in [0.2, 0.25) is 0 Å². The third-order valence-electron chi connectivity index (χ3n) is 5.59. The van der Waals surface area contributed by atoms with Gasteiger partial charge in [0.25, 0.3) is 0 Å². The second kappa shape index (κ2) is 6.27. The summed E-state index contributed by atoms with van der Waals surface area (Å²) in [5, 5.41) is 4.88. The molecule has 6 nitrogen and oxygen atoms in total. The lowest BCUT2D eigenvalue weighted by Gasteiger charge is -2.29. The van der Waals surface area contributed by atoms with Gasteiger partial charge in [-0.15, -0.1) is 0 Å². The largest absolute Gasteiger partial charge is 0.438 e. The normalized spacial score (nSPS) is 15.1. The molecule has 6 rings (SSSR count). The number of H-pyrrole nitrogens is 1. The molecule has 0 saturated carbocycles. The Labute approximate surface area is 179 Å². The van der Waals surface area contributed by atoms with Crippen LogP contribution in [-0.2, 0) is 0 Å². The molecular weight excluding hydrogens is 444 g/mol. The van der Waals surface area contributed by atoms with E-state index in [1.165, 1.54) is 11.9 Å². The van der Waals surface area contributed by atoms with Crippen molar-refractivity contribution in [2.45, 2.75) is 12.8 Å². The number of fused-ring (bicyclic) bond motifs is 6. The van der Waals surface area contributed by atoms with E-state index in [1.54, 1.807) is 4.52 Å². The summed E-state index contributed by atoms with van der Waals surface area (Å²) in [4.78, 5) is 20.7. The Hall–Kier alpha value is -3.45. The second-order valence-electron chi connectivity index (χ2n) is 7.47. The average Bonchev–Trinajstić information content (AvgIpc) is 3.13. The number of nitrogens with one attached hydrogen (secondary N) is 1. The molecule has 5 aromatic rings. The number of ether oxygens (including phenoxy) is 1. The highest BCUT2D eigenvalue weighted by molar-refractivity contribution is 9.10. The zero-order valence-corrected chi connectivity index (χ0v) is 17.5. The predicted molar refractivity (Wildman–Crippen MR) is 117 cm³/mol. The van der Waals surface area contributed by atoms with Gasteiger partial charge in [0.2, 0.25) is 5.88 Å². The van der Waals surface area contributed by atoms with Crippen LogP contribution in [0.15, 0.2) is 70.2 Å². The fourth-order valence-electron chi connectivity index (χ4n) is 4.25. The molecule has 146 valence electrons. The third-order valence-corrected chi connectivity index (χ3v) is 6.08. The standard InChI is InChI=1S/C23H15BrN4O2/c1-12-2-4-13(5-3-12)18-19-16-8-7-15(24)10-14(16)6-9-17(19)30-22-20(18)21-26-23(29)27-28(21)11-25-22/h2-11,18H,1H3,(H,27,29). The maximum absolute atomic E-state index is 12.0. The summed E-state index contributed by atoms with van der Waals surface area (Å²) < 4.78 is 8.79. The molecule has 1 aliphatic rings. The highest BCUT2D eigenvalue weighted by Crippen LogP contribution is 2.50. The van der Waals surface area contributed by atoms with E-state index >= 15 is 0 Å². The fraction of sp³-hybridized carbons (Fsp3) is 0.0870. The van der Waals surface area contributed by atoms with Gasteiger partial charge in [-0.05, 0) is 41.5 Å². The Morgan fingerprint density at radius 1 is 1.07 bits per heavy atom. The van der Waals surface area contributed by atoms with Crippen molar-refractivity contribution in [3.8, 4) is 11.6 Å². The highest BCUT2D eigenvalue weighted by atomic mass is 79.9. The van der Waals surface area contributed by atoms with Crippen LogP contribution in [0.5, 0.6) is 11.6 Å². The van der Waals surface area contributed by atoms with Crippen molar-refractivity contribution in [2.75, 3.05) is 0 Å². The molecule has 2 aromatic heterocycles. The zero-order valence-electron chi connectivity index (χ0n) is 15.9. The van der Waals surface area contributed by atoms with Crippen molar-refractivity contribution in [1.29, 1.82) is 0 Å². The molecule has 0 radical (unpaired) electrons. The van der Waals surface area contributed by atoms with Crippen LogP contribution in [-0.4, -0.2) is 19.6 Å². The zero-order chi connectivity index (χ0) is 20.4. The summed E-state index contributed by atoms with van der Waals surface area (Å²) >= 11 is 3.56. The van der Waals surface area contributed by atoms with Crippen molar-refractivity contribution in [3.05, 3.63) is 98.1 Å². The van der Waals surface area contributed by atoms with Gasteiger partial charge in [0.05, 0.1) is 5.56 Å². The molecule has 1 unspecified atom stereocenters. The van der Waals surface area contributed by atoms with Crippen LogP contribution in [0.3, 0.4) is 0 Å². The van der Waals surface area contributed by atoms with Gasteiger partial charge in [-0.25, -0.2) is 19.4 Å². The molecule has 0 fully saturated rings. The minimum atomic E-state index is -0.416. The van der Waals surface area contributed by atoms with Gasteiger partial charge in [0.1, 0.15) is 12.1 Å². The van der Waals surface area contributed by atoms with E-state index in [2.05, 4.69) is 74.3 Å². The first-order chi connectivity index (χ1) is 14.6. The summed E-state index contributed by atoms with van der Waals surface area (Å²) in [5.41, 5.74) is 4.20. The lowest BCUT2D eigenvalue weighted by molar-refractivity contribution is 0.433. The molecule has 1 aliphatic heterocycles. The van der Waals surface area contributed by atoms with E-state index in [1.807, 2.05) is 18.2 Å². The van der Waals surface area contributed by atoms with Gasteiger partial charge in [-0.1, -0.05) is 57.9 Å². The maximum atomic E-state index is 12.0. The summed E-state index contributed by atoms with van der Waals surface area (Å²) in [6, 6.07) is 18.7. The van der Waals surface area contributed by atoms with Crippen molar-refractivity contribution in [3.63, 3.8) is 0 Å². The molecule has 1 atom stereocenters. The molecular formula is C23H15BrN4O2. The monoisotopic (exact) mass is 458 g/mol. The Morgan fingerprint density at radius 3 is 2.73 bits per heavy atom. The first kappa shape index (κ1) is 17.4. The number of hydrogen-bond donors (Lipinski definition) is 1. The van der Waals surface area contributed by atoms with Gasteiger partial charge in [0.15, 0.2) is 5.65 Å². The van der Waals surface area contributed by atoms with Crippen LogP contribution in [0.4, 0.5) is 0 Å². The quantitative estimate of drug-likeness (QED) is 0.379. The Bertz CT molecular complexity index is 1520. The lowest BCUT2D eigenvalue weighted by atomic mass is 9.81. The Kier molecular flexibility index (Phi) is 3.64. The van der Waals surface area contributed by atoms with Crippen molar-refractivity contribution in [2.24, 2.45) is 0 Å². The summed E-state index contributed by atoms with van der Waals surface area (Å²) in [6.45, 7) is 2.07. The molecule has 0 saturated heterocycles. The molecule has 0 spiro atoms. The van der Waals surface area contributed by atoms with Gasteiger partial charge in [-0.2, -0.15) is 4.98 Å². The fourth-order valence-corrected chi connectivity index (χ4v) is 4.62. The van der Waals surface area contributed by atoms with Gasteiger partial charge in [0, 0.05) is 16.0 Å². The Balaban J connectivity index is 1.75. The molecule has 0 amide bonds. The number of rotatable bonds is 1. The predicted octanol–water partition coefficient (Wildman–Crippen LogP) is 4.93. The lowest BCUT2D eigenvalue weighted by Crippen LogP contribution is -2.15. The number of aromatic nitrogens is 4. The van der Waals surface area contributed by atoms with Crippen LogP contribution in [0, 0.1) is 6.92 Å². The van der Waals surface area contributed by atoms with Crippen molar-refractivity contribution in [1.82, 2.24) is 19.6 Å². The second-order valence-corrected chi connectivity index (χ2v) is 8.39. The SMILES string of the molecule is Cc1ccc(C2c3c(ccc4cc(Br)ccc34)Oc3ncn4[nH]c(=O)nc4c32)cc1. The molecule has 0 aliphatic carbocycles.